The molecule has 1 atom stereocenters. The van der Waals surface area contributed by atoms with E-state index in [0.717, 1.165) is 38.2 Å². The zero-order valence-electron chi connectivity index (χ0n) is 13.6. The van der Waals surface area contributed by atoms with Crippen LogP contribution in [0.2, 0.25) is 5.02 Å². The van der Waals surface area contributed by atoms with Crippen LogP contribution in [0.5, 0.6) is 0 Å². The molecule has 1 aromatic rings. The summed E-state index contributed by atoms with van der Waals surface area (Å²) in [5, 5.41) is 10.8. The Bertz CT molecular complexity index is 512. The second-order valence-corrected chi connectivity index (χ2v) is 6.33. The molecule has 0 saturated carbocycles. The Kier molecular flexibility index (Phi) is 7.30. The molecule has 0 aromatic heterocycles. The number of ether oxygens (including phenoxy) is 1. The fourth-order valence-corrected chi connectivity index (χ4v) is 2.93. The van der Waals surface area contributed by atoms with Crippen molar-refractivity contribution in [2.45, 2.75) is 26.1 Å². The van der Waals surface area contributed by atoms with Gasteiger partial charge in [0.1, 0.15) is 0 Å². The molecule has 0 unspecified atom stereocenters. The topological polar surface area (TPSA) is 53.0 Å². The Morgan fingerprint density at radius 3 is 2.83 bits per heavy atom. The molecule has 0 bridgehead atoms. The number of β-amino-alcohol motifs (C(OH)–C–C–N with tert-alkyl or cyclic N) is 1. The smallest absolute Gasteiger partial charge is 0.219 e. The van der Waals surface area contributed by atoms with Crippen molar-refractivity contribution in [3.8, 4) is 0 Å². The van der Waals surface area contributed by atoms with Gasteiger partial charge in [-0.05, 0) is 24.6 Å². The van der Waals surface area contributed by atoms with Gasteiger partial charge in [0.2, 0.25) is 5.91 Å². The predicted molar refractivity (Wildman–Crippen MR) is 90.4 cm³/mol. The highest BCUT2D eigenvalue weighted by Crippen LogP contribution is 2.15. The molecule has 1 saturated heterocycles. The predicted octanol–water partition coefficient (Wildman–Crippen LogP) is 1.77. The highest BCUT2D eigenvalue weighted by atomic mass is 35.5. The zero-order chi connectivity index (χ0) is 16.7. The summed E-state index contributed by atoms with van der Waals surface area (Å²) in [6.07, 6.45) is 0.397. The summed E-state index contributed by atoms with van der Waals surface area (Å²) >= 11 is 6.07. The summed E-state index contributed by atoms with van der Waals surface area (Å²) in [6, 6.07) is 7.54. The van der Waals surface area contributed by atoms with Crippen molar-refractivity contribution in [3.63, 3.8) is 0 Å². The SMILES string of the molecule is CC(=O)N1CCCN(C[C@H](O)COCc2ccccc2Cl)CC1. The Morgan fingerprint density at radius 2 is 2.09 bits per heavy atom. The van der Waals surface area contributed by atoms with E-state index in [0.29, 0.717) is 18.2 Å². The Morgan fingerprint density at radius 1 is 1.30 bits per heavy atom. The van der Waals surface area contributed by atoms with Crippen LogP contribution in [-0.2, 0) is 16.1 Å². The highest BCUT2D eigenvalue weighted by molar-refractivity contribution is 6.31. The number of rotatable bonds is 6. The number of hydrogen-bond donors (Lipinski definition) is 1. The third-order valence-electron chi connectivity index (χ3n) is 4.03. The molecule has 1 amide bonds. The van der Waals surface area contributed by atoms with Gasteiger partial charge in [0.25, 0.3) is 0 Å². The van der Waals surface area contributed by atoms with Gasteiger partial charge in [-0.25, -0.2) is 0 Å². The van der Waals surface area contributed by atoms with E-state index in [1.807, 2.05) is 29.2 Å². The third kappa shape index (κ3) is 6.11. The lowest BCUT2D eigenvalue weighted by molar-refractivity contribution is -0.128. The molecule has 23 heavy (non-hydrogen) atoms. The molecule has 1 aliphatic heterocycles. The van der Waals surface area contributed by atoms with Crippen molar-refractivity contribution in [1.29, 1.82) is 0 Å². The van der Waals surface area contributed by atoms with Gasteiger partial charge in [-0.2, -0.15) is 0 Å². The van der Waals surface area contributed by atoms with Gasteiger partial charge in [-0.15, -0.1) is 0 Å². The quantitative estimate of drug-likeness (QED) is 0.857. The summed E-state index contributed by atoms with van der Waals surface area (Å²) in [5.41, 5.74) is 0.924. The van der Waals surface area contributed by atoms with E-state index < -0.39 is 6.10 Å². The van der Waals surface area contributed by atoms with Crippen LogP contribution < -0.4 is 0 Å². The first-order valence-electron chi connectivity index (χ1n) is 8.03. The standard InChI is InChI=1S/C17H25ClN2O3/c1-14(21)20-8-4-7-19(9-10-20)11-16(22)13-23-12-15-5-2-3-6-17(15)18/h2-3,5-6,16,22H,4,7-13H2,1H3/t16-/m0/s1. The third-order valence-corrected chi connectivity index (χ3v) is 4.40. The molecule has 5 nitrogen and oxygen atoms in total. The lowest BCUT2D eigenvalue weighted by atomic mass is 10.2. The van der Waals surface area contributed by atoms with Crippen molar-refractivity contribution >= 4 is 17.5 Å². The van der Waals surface area contributed by atoms with Gasteiger partial charge >= 0.3 is 0 Å². The first kappa shape index (κ1) is 18.2. The number of nitrogens with zero attached hydrogens (tertiary/aromatic N) is 2. The molecule has 1 N–H and O–H groups in total. The molecule has 6 heteroatoms. The largest absolute Gasteiger partial charge is 0.389 e. The van der Waals surface area contributed by atoms with E-state index in [1.165, 1.54) is 0 Å². The number of halogens is 1. The number of aliphatic hydroxyl groups is 1. The molecular formula is C17H25ClN2O3. The molecule has 1 fully saturated rings. The van der Waals surface area contributed by atoms with Gasteiger partial charge in [-0.1, -0.05) is 29.8 Å². The lowest BCUT2D eigenvalue weighted by Gasteiger charge is -2.23. The van der Waals surface area contributed by atoms with Crippen LogP contribution >= 0.6 is 11.6 Å². The van der Waals surface area contributed by atoms with Crippen LogP contribution in [0.3, 0.4) is 0 Å². The van der Waals surface area contributed by atoms with E-state index in [-0.39, 0.29) is 12.5 Å². The number of carbonyl (C=O) groups is 1. The summed E-state index contributed by atoms with van der Waals surface area (Å²) in [6.45, 7) is 6.05. The minimum atomic E-state index is -0.540. The lowest BCUT2D eigenvalue weighted by Crippen LogP contribution is -2.38. The molecule has 1 heterocycles. The first-order chi connectivity index (χ1) is 11.1. The van der Waals surface area contributed by atoms with Crippen molar-refractivity contribution < 1.29 is 14.6 Å². The number of benzene rings is 1. The van der Waals surface area contributed by atoms with Crippen molar-refractivity contribution in [2.24, 2.45) is 0 Å². The second-order valence-electron chi connectivity index (χ2n) is 5.92. The first-order valence-corrected chi connectivity index (χ1v) is 8.41. The molecule has 128 valence electrons. The number of hydrogen-bond acceptors (Lipinski definition) is 4. The normalized spacial score (nSPS) is 17.8. The molecule has 0 radical (unpaired) electrons. The molecular weight excluding hydrogens is 316 g/mol. The van der Waals surface area contributed by atoms with E-state index in [9.17, 15) is 9.90 Å². The number of carbonyl (C=O) groups excluding carboxylic acids is 1. The summed E-state index contributed by atoms with van der Waals surface area (Å²) in [7, 11) is 0. The van der Waals surface area contributed by atoms with Gasteiger partial charge in [0.05, 0.1) is 19.3 Å². The zero-order valence-corrected chi connectivity index (χ0v) is 14.3. The van der Waals surface area contributed by atoms with Gasteiger partial charge in [-0.3, -0.25) is 9.69 Å². The fraction of sp³-hybridized carbons (Fsp3) is 0.588. The van der Waals surface area contributed by atoms with Crippen LogP contribution in [0.15, 0.2) is 24.3 Å². The van der Waals surface area contributed by atoms with Crippen LogP contribution in [-0.4, -0.2) is 66.2 Å². The van der Waals surface area contributed by atoms with Crippen LogP contribution in [0.4, 0.5) is 0 Å². The van der Waals surface area contributed by atoms with Crippen molar-refractivity contribution in [2.75, 3.05) is 39.3 Å². The summed E-state index contributed by atoms with van der Waals surface area (Å²) in [4.78, 5) is 15.5. The molecule has 0 spiro atoms. The van der Waals surface area contributed by atoms with Crippen LogP contribution in [0.1, 0.15) is 18.9 Å². The van der Waals surface area contributed by atoms with E-state index in [1.54, 1.807) is 6.92 Å². The van der Waals surface area contributed by atoms with E-state index in [4.69, 9.17) is 16.3 Å². The fourth-order valence-electron chi connectivity index (χ4n) is 2.74. The average molecular weight is 341 g/mol. The molecule has 0 aliphatic carbocycles. The summed E-state index contributed by atoms with van der Waals surface area (Å²) in [5.74, 6) is 0.121. The number of amides is 1. The van der Waals surface area contributed by atoms with Crippen molar-refractivity contribution in [3.05, 3.63) is 34.9 Å². The molecule has 1 aromatic carbocycles. The average Bonchev–Trinajstić information content (AvgIpc) is 2.75. The Balaban J connectivity index is 1.69. The number of aliphatic hydroxyl groups excluding tert-OH is 1. The minimum Gasteiger partial charge on any atom is -0.389 e. The molecule has 2 rings (SSSR count). The Labute approximate surface area is 142 Å². The second kappa shape index (κ2) is 9.23. The van der Waals surface area contributed by atoms with Crippen LogP contribution in [0.25, 0.3) is 0 Å². The molecule has 1 aliphatic rings. The van der Waals surface area contributed by atoms with Gasteiger partial charge < -0.3 is 14.7 Å². The van der Waals surface area contributed by atoms with Gasteiger partial charge in [0, 0.05) is 38.1 Å². The maximum atomic E-state index is 11.4. The Hall–Kier alpha value is -1.14. The van der Waals surface area contributed by atoms with Crippen LogP contribution in [0, 0.1) is 0 Å². The monoisotopic (exact) mass is 340 g/mol. The maximum Gasteiger partial charge on any atom is 0.219 e. The highest BCUT2D eigenvalue weighted by Gasteiger charge is 2.18. The summed E-state index contributed by atoms with van der Waals surface area (Å²) < 4.78 is 5.57. The van der Waals surface area contributed by atoms with Crippen molar-refractivity contribution in [1.82, 2.24) is 9.80 Å². The minimum absolute atomic E-state index is 0.121. The van der Waals surface area contributed by atoms with Gasteiger partial charge in [0.15, 0.2) is 0 Å². The van der Waals surface area contributed by atoms with E-state index >= 15 is 0 Å². The van der Waals surface area contributed by atoms with E-state index in [2.05, 4.69) is 4.90 Å². The maximum absolute atomic E-state index is 11.4.